The molecule has 1 aromatic heterocycles. The minimum Gasteiger partial charge on any atom is -0.366 e. The Morgan fingerprint density at radius 3 is 2.75 bits per heavy atom. The summed E-state index contributed by atoms with van der Waals surface area (Å²) in [6.45, 7) is 7.40. The van der Waals surface area contributed by atoms with Crippen molar-refractivity contribution in [2.24, 2.45) is 0 Å². The molecule has 1 fully saturated rings. The van der Waals surface area contributed by atoms with Gasteiger partial charge < -0.3 is 9.80 Å². The highest BCUT2D eigenvalue weighted by atomic mass is 16.1. The maximum Gasteiger partial charge on any atom is 0.180 e. The molecular weight excluding hydrogens is 250 g/mol. The summed E-state index contributed by atoms with van der Waals surface area (Å²) < 4.78 is 0. The summed E-state index contributed by atoms with van der Waals surface area (Å²) in [4.78, 5) is 20.8. The number of hydrogen-bond acceptors (Lipinski definition) is 4. The summed E-state index contributed by atoms with van der Waals surface area (Å²) in [7, 11) is 2.19. The minimum absolute atomic E-state index is 0.110. The second-order valence-corrected chi connectivity index (χ2v) is 5.55. The highest BCUT2D eigenvalue weighted by Crippen LogP contribution is 2.21. The quantitative estimate of drug-likeness (QED) is 0.791. The number of rotatable bonds is 4. The Kier molecular flexibility index (Phi) is 5.12. The van der Waals surface area contributed by atoms with Crippen molar-refractivity contribution >= 4 is 11.5 Å². The molecule has 2 heterocycles. The van der Waals surface area contributed by atoms with Crippen LogP contribution in [0.25, 0.3) is 0 Å². The SMILES string of the molecule is CCC(=O)c1ccc(N2CCCN(C)CC2CC)cn1. The van der Waals surface area contributed by atoms with Gasteiger partial charge in [-0.2, -0.15) is 0 Å². The zero-order chi connectivity index (χ0) is 14.5. The van der Waals surface area contributed by atoms with Crippen molar-refractivity contribution in [3.05, 3.63) is 24.0 Å². The molecule has 0 aliphatic carbocycles. The fraction of sp³-hybridized carbons (Fsp3) is 0.625. The van der Waals surface area contributed by atoms with Crippen molar-refractivity contribution in [3.8, 4) is 0 Å². The van der Waals surface area contributed by atoms with Crippen molar-refractivity contribution in [3.63, 3.8) is 0 Å². The number of aromatic nitrogens is 1. The van der Waals surface area contributed by atoms with Crippen molar-refractivity contribution < 1.29 is 4.79 Å². The molecule has 0 saturated carbocycles. The molecule has 4 heteroatoms. The van der Waals surface area contributed by atoms with E-state index in [9.17, 15) is 4.79 Å². The molecule has 4 nitrogen and oxygen atoms in total. The first kappa shape index (κ1) is 15.0. The van der Waals surface area contributed by atoms with Crippen LogP contribution in [0.3, 0.4) is 0 Å². The van der Waals surface area contributed by atoms with E-state index in [1.165, 1.54) is 6.42 Å². The Bertz CT molecular complexity index is 444. The largest absolute Gasteiger partial charge is 0.366 e. The molecule has 0 bridgehead atoms. The molecule has 1 aliphatic rings. The van der Waals surface area contributed by atoms with Gasteiger partial charge >= 0.3 is 0 Å². The number of carbonyl (C=O) groups excluding carboxylic acids is 1. The molecular formula is C16H25N3O. The number of Topliss-reactive ketones (excluding diaryl/α,β-unsaturated/α-hetero) is 1. The molecule has 1 aromatic rings. The molecule has 110 valence electrons. The van der Waals surface area contributed by atoms with Crippen molar-refractivity contribution in [2.75, 3.05) is 31.6 Å². The molecule has 2 rings (SSSR count). The molecule has 1 saturated heterocycles. The molecule has 0 aromatic carbocycles. The van der Waals surface area contributed by atoms with Gasteiger partial charge in [-0.25, -0.2) is 0 Å². The van der Waals surface area contributed by atoms with E-state index in [1.807, 2.05) is 25.3 Å². The number of pyridine rings is 1. The zero-order valence-electron chi connectivity index (χ0n) is 12.8. The third kappa shape index (κ3) is 3.37. The topological polar surface area (TPSA) is 36.4 Å². The highest BCUT2D eigenvalue weighted by molar-refractivity contribution is 5.94. The van der Waals surface area contributed by atoms with Crippen LogP contribution in [0.15, 0.2) is 18.3 Å². The van der Waals surface area contributed by atoms with Crippen LogP contribution in [-0.2, 0) is 0 Å². The summed E-state index contributed by atoms with van der Waals surface area (Å²) in [6.07, 6.45) is 4.66. The Morgan fingerprint density at radius 1 is 1.35 bits per heavy atom. The van der Waals surface area contributed by atoms with Gasteiger partial charge in [0.1, 0.15) is 5.69 Å². The molecule has 20 heavy (non-hydrogen) atoms. The second kappa shape index (κ2) is 6.84. The summed E-state index contributed by atoms with van der Waals surface area (Å²) in [5.74, 6) is 0.110. The lowest BCUT2D eigenvalue weighted by Gasteiger charge is -2.32. The Labute approximate surface area is 121 Å². The average Bonchev–Trinajstić information content (AvgIpc) is 2.67. The number of anilines is 1. The molecule has 1 unspecified atom stereocenters. The molecule has 0 amide bonds. The zero-order valence-corrected chi connectivity index (χ0v) is 12.8. The first-order chi connectivity index (χ1) is 9.65. The standard InChI is InChI=1S/C16H25N3O/c1-4-13-12-18(3)9-6-10-19(13)14-7-8-15(17-11-14)16(20)5-2/h7-8,11,13H,4-6,9-10,12H2,1-3H3. The van der Waals surface area contributed by atoms with Crippen LogP contribution >= 0.6 is 0 Å². The van der Waals surface area contributed by atoms with Crippen molar-refractivity contribution in [1.29, 1.82) is 0 Å². The van der Waals surface area contributed by atoms with E-state index in [1.54, 1.807) is 0 Å². The van der Waals surface area contributed by atoms with Gasteiger partial charge in [0.05, 0.1) is 11.9 Å². The predicted octanol–water partition coefficient (Wildman–Crippen LogP) is 2.59. The second-order valence-electron chi connectivity index (χ2n) is 5.55. The van der Waals surface area contributed by atoms with Gasteiger partial charge in [-0.1, -0.05) is 13.8 Å². The number of nitrogens with zero attached hydrogens (tertiary/aromatic N) is 3. The van der Waals surface area contributed by atoms with E-state index < -0.39 is 0 Å². The minimum atomic E-state index is 0.110. The van der Waals surface area contributed by atoms with Crippen LogP contribution < -0.4 is 4.90 Å². The van der Waals surface area contributed by atoms with Crippen LogP contribution in [-0.4, -0.2) is 48.4 Å². The first-order valence-corrected chi connectivity index (χ1v) is 7.60. The Balaban J connectivity index is 2.18. The normalized spacial score (nSPS) is 20.8. The van der Waals surface area contributed by atoms with Crippen LogP contribution in [0.4, 0.5) is 5.69 Å². The Hall–Kier alpha value is -1.42. The van der Waals surface area contributed by atoms with Crippen molar-refractivity contribution in [2.45, 2.75) is 39.2 Å². The molecule has 1 aliphatic heterocycles. The summed E-state index contributed by atoms with van der Waals surface area (Å²) >= 11 is 0. The van der Waals surface area contributed by atoms with Crippen molar-refractivity contribution in [1.82, 2.24) is 9.88 Å². The van der Waals surface area contributed by atoms with Crippen LogP contribution in [0.5, 0.6) is 0 Å². The number of ketones is 1. The smallest absolute Gasteiger partial charge is 0.180 e. The molecule has 0 radical (unpaired) electrons. The highest BCUT2D eigenvalue weighted by Gasteiger charge is 2.22. The number of likely N-dealkylation sites (N-methyl/N-ethyl adjacent to an activating group) is 1. The van der Waals surface area contributed by atoms with E-state index in [-0.39, 0.29) is 5.78 Å². The summed E-state index contributed by atoms with van der Waals surface area (Å²) in [6, 6.07) is 4.43. The fourth-order valence-corrected chi connectivity index (χ4v) is 2.83. The van der Waals surface area contributed by atoms with Gasteiger partial charge in [0.25, 0.3) is 0 Å². The van der Waals surface area contributed by atoms with E-state index in [2.05, 4.69) is 28.8 Å². The Morgan fingerprint density at radius 2 is 2.15 bits per heavy atom. The van der Waals surface area contributed by atoms with E-state index in [0.717, 1.165) is 31.7 Å². The molecule has 1 atom stereocenters. The van der Waals surface area contributed by atoms with Gasteiger partial charge in [0.2, 0.25) is 0 Å². The van der Waals surface area contributed by atoms with Gasteiger partial charge in [-0.3, -0.25) is 9.78 Å². The van der Waals surface area contributed by atoms with E-state index >= 15 is 0 Å². The molecule has 0 N–H and O–H groups in total. The predicted molar refractivity (Wildman–Crippen MR) is 82.4 cm³/mol. The molecule has 0 spiro atoms. The monoisotopic (exact) mass is 275 g/mol. The number of hydrogen-bond donors (Lipinski definition) is 0. The van der Waals surface area contributed by atoms with Crippen LogP contribution in [0.1, 0.15) is 43.6 Å². The van der Waals surface area contributed by atoms with Crippen LogP contribution in [0.2, 0.25) is 0 Å². The van der Waals surface area contributed by atoms with Gasteiger partial charge in [-0.15, -0.1) is 0 Å². The first-order valence-electron chi connectivity index (χ1n) is 7.60. The average molecular weight is 275 g/mol. The maximum atomic E-state index is 11.6. The lowest BCUT2D eigenvalue weighted by Crippen LogP contribution is -2.39. The summed E-state index contributed by atoms with van der Waals surface area (Å²) in [5, 5.41) is 0. The van der Waals surface area contributed by atoms with E-state index in [4.69, 9.17) is 0 Å². The third-order valence-corrected chi connectivity index (χ3v) is 4.06. The maximum absolute atomic E-state index is 11.6. The number of carbonyl (C=O) groups is 1. The van der Waals surface area contributed by atoms with E-state index in [0.29, 0.717) is 18.2 Å². The van der Waals surface area contributed by atoms with Gasteiger partial charge in [-0.05, 0) is 38.6 Å². The lowest BCUT2D eigenvalue weighted by molar-refractivity contribution is 0.0983. The fourth-order valence-electron chi connectivity index (χ4n) is 2.83. The third-order valence-electron chi connectivity index (χ3n) is 4.06. The lowest BCUT2D eigenvalue weighted by atomic mass is 10.1. The van der Waals surface area contributed by atoms with Gasteiger partial charge in [0.15, 0.2) is 5.78 Å². The van der Waals surface area contributed by atoms with Crippen LogP contribution in [0, 0.1) is 0 Å². The summed E-state index contributed by atoms with van der Waals surface area (Å²) in [5.41, 5.74) is 1.72. The van der Waals surface area contributed by atoms with Gasteiger partial charge in [0, 0.05) is 25.6 Å².